The van der Waals surface area contributed by atoms with Gasteiger partial charge < -0.3 is 4.90 Å². The van der Waals surface area contributed by atoms with Crippen molar-refractivity contribution in [3.63, 3.8) is 0 Å². The fourth-order valence-corrected chi connectivity index (χ4v) is 7.06. The van der Waals surface area contributed by atoms with Gasteiger partial charge in [0.25, 0.3) is 0 Å². The average molecular weight is 530 g/mol. The molecular weight excluding hydrogens is 501 g/mol. The molecule has 0 radical (unpaired) electrons. The van der Waals surface area contributed by atoms with Gasteiger partial charge in [-0.2, -0.15) is 15.5 Å². The van der Waals surface area contributed by atoms with E-state index in [1.165, 1.54) is 24.0 Å². The topological polar surface area (TPSA) is 92.1 Å². The van der Waals surface area contributed by atoms with Crippen LogP contribution in [0.4, 0.5) is 4.39 Å². The Labute approximate surface area is 224 Å². The largest absolute Gasteiger partial charge is 0.342 e. The van der Waals surface area contributed by atoms with Gasteiger partial charge in [0.2, 0.25) is 5.91 Å². The Morgan fingerprint density at radius 3 is 2.76 bits per heavy atom. The molecule has 0 unspecified atom stereocenters. The second kappa shape index (κ2) is 9.55. The zero-order chi connectivity index (χ0) is 26.4. The quantitative estimate of drug-likeness (QED) is 0.351. The molecule has 1 aliphatic heterocycles. The van der Waals surface area contributed by atoms with Crippen molar-refractivity contribution in [2.75, 3.05) is 13.1 Å². The second-order valence-electron chi connectivity index (χ2n) is 10.5. The van der Waals surface area contributed by atoms with Crippen LogP contribution < -0.4 is 0 Å². The van der Waals surface area contributed by atoms with Crippen LogP contribution in [0, 0.1) is 29.5 Å². The molecule has 10 heteroatoms. The Bertz CT molecular complexity index is 1580. The molecule has 4 aromatic rings. The smallest absolute Gasteiger partial charge is 0.219 e. The number of carbonyl (C=O) groups excluding carboxylic acids is 1. The summed E-state index contributed by atoms with van der Waals surface area (Å²) in [4.78, 5) is 18.7. The van der Waals surface area contributed by atoms with Crippen LogP contribution in [0.5, 0.6) is 0 Å². The van der Waals surface area contributed by atoms with Gasteiger partial charge in [0.1, 0.15) is 11.1 Å². The standard InChI is InChI=1S/C28H28FN7OS/c1-18-23(15-33-36(18)22-5-7-28(8-6-22)9-11-34(17-28)19(2)37)20-12-25(38-27-24(29)4-3-10-31-27)26-21(13-30)14-32-35(26)16-20/h3-4,10,12,14-16,22H,5-9,11,17H2,1-2H3/t22-,28-. The van der Waals surface area contributed by atoms with E-state index < -0.39 is 5.82 Å². The molecule has 1 amide bonds. The third-order valence-corrected chi connectivity index (χ3v) is 9.25. The van der Waals surface area contributed by atoms with Gasteiger partial charge in [-0.3, -0.25) is 9.48 Å². The van der Waals surface area contributed by atoms with E-state index in [2.05, 4.69) is 27.8 Å². The van der Waals surface area contributed by atoms with Crippen molar-refractivity contribution in [2.45, 2.75) is 61.9 Å². The maximum Gasteiger partial charge on any atom is 0.219 e. The summed E-state index contributed by atoms with van der Waals surface area (Å²) in [6.45, 7) is 5.50. The molecule has 38 heavy (non-hydrogen) atoms. The first-order valence-corrected chi connectivity index (χ1v) is 13.7. The lowest BCUT2D eigenvalue weighted by Crippen LogP contribution is -2.34. The van der Waals surface area contributed by atoms with Crippen molar-refractivity contribution >= 4 is 23.2 Å². The van der Waals surface area contributed by atoms with Crippen LogP contribution in [0.15, 0.2) is 52.9 Å². The number of hydrogen-bond acceptors (Lipinski definition) is 6. The molecule has 6 rings (SSSR count). The molecule has 194 valence electrons. The minimum Gasteiger partial charge on any atom is -0.342 e. The first-order chi connectivity index (χ1) is 18.4. The number of hydrogen-bond donors (Lipinski definition) is 0. The summed E-state index contributed by atoms with van der Waals surface area (Å²) in [6.07, 6.45) is 12.2. The fraction of sp³-hybridized carbons (Fsp3) is 0.393. The molecule has 1 spiro atoms. The Hall–Kier alpha value is -3.71. The van der Waals surface area contributed by atoms with E-state index in [0.717, 1.165) is 62.0 Å². The van der Waals surface area contributed by atoms with E-state index in [-0.39, 0.29) is 16.3 Å². The first kappa shape index (κ1) is 24.6. The van der Waals surface area contributed by atoms with E-state index >= 15 is 0 Å². The molecule has 1 aliphatic carbocycles. The zero-order valence-electron chi connectivity index (χ0n) is 21.4. The normalized spacial score (nSPS) is 21.3. The summed E-state index contributed by atoms with van der Waals surface area (Å²) in [6, 6.07) is 7.41. The lowest BCUT2D eigenvalue weighted by Gasteiger charge is -2.37. The second-order valence-corrected chi connectivity index (χ2v) is 11.5. The number of fused-ring (bicyclic) bond motifs is 1. The lowest BCUT2D eigenvalue weighted by atomic mass is 9.72. The van der Waals surface area contributed by atoms with Crippen molar-refractivity contribution < 1.29 is 9.18 Å². The summed E-state index contributed by atoms with van der Waals surface area (Å²) >= 11 is 1.19. The highest BCUT2D eigenvalue weighted by atomic mass is 32.2. The number of amides is 1. The molecular formula is C28H28FN7OS. The molecule has 0 N–H and O–H groups in total. The minimum absolute atomic E-state index is 0.177. The number of pyridine rings is 2. The summed E-state index contributed by atoms with van der Waals surface area (Å²) in [5, 5.41) is 19.1. The summed E-state index contributed by atoms with van der Waals surface area (Å²) < 4.78 is 18.3. The molecule has 0 bridgehead atoms. The highest BCUT2D eigenvalue weighted by Gasteiger charge is 2.42. The van der Waals surface area contributed by atoms with Crippen LogP contribution in [0.2, 0.25) is 0 Å². The van der Waals surface area contributed by atoms with Gasteiger partial charge in [0.15, 0.2) is 5.82 Å². The first-order valence-electron chi connectivity index (χ1n) is 12.9. The molecule has 2 fully saturated rings. The van der Waals surface area contributed by atoms with Gasteiger partial charge in [-0.1, -0.05) is 11.8 Å². The van der Waals surface area contributed by atoms with Crippen molar-refractivity contribution in [2.24, 2.45) is 5.41 Å². The molecule has 1 saturated heterocycles. The van der Waals surface area contributed by atoms with Gasteiger partial charge in [0.05, 0.1) is 29.5 Å². The Kier molecular flexibility index (Phi) is 6.19. The molecule has 0 aromatic carbocycles. The van der Waals surface area contributed by atoms with Gasteiger partial charge in [-0.25, -0.2) is 13.9 Å². The maximum atomic E-state index is 14.4. The minimum atomic E-state index is -0.410. The fourth-order valence-electron chi connectivity index (χ4n) is 6.09. The van der Waals surface area contributed by atoms with Gasteiger partial charge in [-0.05, 0) is 62.6 Å². The van der Waals surface area contributed by atoms with Gasteiger partial charge in [-0.15, -0.1) is 0 Å². The predicted octanol–water partition coefficient (Wildman–Crippen LogP) is 5.42. The summed E-state index contributed by atoms with van der Waals surface area (Å²) in [5.74, 6) is -0.234. The van der Waals surface area contributed by atoms with Crippen LogP contribution in [0.1, 0.15) is 56.3 Å². The molecule has 5 heterocycles. The van der Waals surface area contributed by atoms with E-state index in [0.29, 0.717) is 22.0 Å². The van der Waals surface area contributed by atoms with E-state index in [9.17, 15) is 14.4 Å². The summed E-state index contributed by atoms with van der Waals surface area (Å²) in [5.41, 5.74) is 4.25. The summed E-state index contributed by atoms with van der Waals surface area (Å²) in [7, 11) is 0. The van der Waals surface area contributed by atoms with Crippen molar-refractivity contribution in [1.82, 2.24) is 29.3 Å². The number of carbonyl (C=O) groups is 1. The average Bonchev–Trinajstić information content (AvgIpc) is 3.63. The number of likely N-dealkylation sites (tertiary alicyclic amines) is 1. The van der Waals surface area contributed by atoms with Crippen molar-refractivity contribution in [3.05, 3.63) is 60.1 Å². The lowest BCUT2D eigenvalue weighted by molar-refractivity contribution is -0.128. The van der Waals surface area contributed by atoms with Crippen LogP contribution in [0.25, 0.3) is 16.6 Å². The van der Waals surface area contributed by atoms with Crippen LogP contribution in [-0.2, 0) is 4.79 Å². The molecule has 4 aromatic heterocycles. The van der Waals surface area contributed by atoms with E-state index in [1.54, 1.807) is 23.7 Å². The Morgan fingerprint density at radius 1 is 1.24 bits per heavy atom. The van der Waals surface area contributed by atoms with Crippen LogP contribution in [0.3, 0.4) is 0 Å². The van der Waals surface area contributed by atoms with E-state index in [1.807, 2.05) is 23.4 Å². The number of rotatable bonds is 4. The van der Waals surface area contributed by atoms with Crippen molar-refractivity contribution in [1.29, 1.82) is 5.26 Å². The van der Waals surface area contributed by atoms with E-state index in [4.69, 9.17) is 5.10 Å². The Morgan fingerprint density at radius 2 is 2.05 bits per heavy atom. The third kappa shape index (κ3) is 4.25. The van der Waals surface area contributed by atoms with Crippen LogP contribution in [-0.4, -0.2) is 48.3 Å². The monoisotopic (exact) mass is 529 g/mol. The molecule has 1 saturated carbocycles. The number of aromatic nitrogens is 5. The van der Waals surface area contributed by atoms with Gasteiger partial charge in [0, 0.05) is 54.1 Å². The highest BCUT2D eigenvalue weighted by molar-refractivity contribution is 7.99. The van der Waals surface area contributed by atoms with Gasteiger partial charge >= 0.3 is 0 Å². The molecule has 8 nitrogen and oxygen atoms in total. The Balaban J connectivity index is 1.30. The third-order valence-electron chi connectivity index (χ3n) is 8.23. The molecule has 0 atom stereocenters. The maximum absolute atomic E-state index is 14.4. The number of nitriles is 1. The number of halogens is 1. The van der Waals surface area contributed by atoms with Crippen molar-refractivity contribution in [3.8, 4) is 17.2 Å². The SMILES string of the molecule is CC(=O)N1CC[C@]2(CC[C@@H](n3ncc(-c4cc(Sc5ncccc5F)c5c(C#N)cnn5c4)c3C)CC2)C1. The molecule has 2 aliphatic rings. The number of nitrogens with zero attached hydrogens (tertiary/aromatic N) is 7. The zero-order valence-corrected chi connectivity index (χ0v) is 22.2. The van der Waals surface area contributed by atoms with Crippen LogP contribution >= 0.6 is 11.8 Å². The highest BCUT2D eigenvalue weighted by Crippen LogP contribution is 2.47. The predicted molar refractivity (Wildman–Crippen MR) is 141 cm³/mol.